The van der Waals surface area contributed by atoms with Crippen LogP contribution in [-0.4, -0.2) is 73.8 Å². The van der Waals surface area contributed by atoms with Gasteiger partial charge in [0.2, 0.25) is 0 Å². The molecule has 2 N–H and O–H groups in total. The average molecular weight is 579 g/mol. The van der Waals surface area contributed by atoms with Crippen LogP contribution in [0.5, 0.6) is 0 Å². The molecule has 0 heterocycles. The summed E-state index contributed by atoms with van der Waals surface area (Å²) >= 11 is 0. The lowest BCUT2D eigenvalue weighted by atomic mass is 9.89. The van der Waals surface area contributed by atoms with Crippen LogP contribution >= 0.6 is 0 Å². The molecule has 0 saturated carbocycles. The highest BCUT2D eigenvalue weighted by molar-refractivity contribution is 5.89. The number of alkyl carbamates (subject to hydrolysis) is 1. The van der Waals surface area contributed by atoms with E-state index in [2.05, 4.69) is 10.6 Å². The molecule has 0 aliphatic heterocycles. The van der Waals surface area contributed by atoms with Crippen molar-refractivity contribution in [2.24, 2.45) is 5.92 Å². The van der Waals surface area contributed by atoms with Gasteiger partial charge in [0.15, 0.2) is 11.6 Å². The smallest absolute Gasteiger partial charge is 0.408 e. The molecule has 1 rings (SSSR count). The lowest BCUT2D eigenvalue weighted by molar-refractivity contribution is -0.157. The molecule has 0 aliphatic rings. The zero-order valence-electron chi connectivity index (χ0n) is 25.9. The van der Waals surface area contributed by atoms with E-state index in [1.807, 2.05) is 58.0 Å². The van der Waals surface area contributed by atoms with Crippen LogP contribution < -0.4 is 10.6 Å². The van der Waals surface area contributed by atoms with Gasteiger partial charge in [-0.15, -0.1) is 0 Å². The second-order valence-corrected chi connectivity index (χ2v) is 11.3. The normalized spacial score (nSPS) is 14.4. The van der Waals surface area contributed by atoms with E-state index in [4.69, 9.17) is 18.9 Å². The van der Waals surface area contributed by atoms with E-state index in [9.17, 15) is 19.2 Å². The van der Waals surface area contributed by atoms with E-state index in [-0.39, 0.29) is 43.5 Å². The average Bonchev–Trinajstić information content (AvgIpc) is 2.94. The third kappa shape index (κ3) is 15.1. The fourth-order valence-corrected chi connectivity index (χ4v) is 3.66. The summed E-state index contributed by atoms with van der Waals surface area (Å²) in [4.78, 5) is 50.3. The van der Waals surface area contributed by atoms with Crippen LogP contribution in [0.3, 0.4) is 0 Å². The maximum absolute atomic E-state index is 13.2. The van der Waals surface area contributed by atoms with Crippen LogP contribution in [0.1, 0.15) is 79.7 Å². The highest BCUT2D eigenvalue weighted by Gasteiger charge is 2.33. The fraction of sp³-hybridized carbons (Fsp3) is 0.677. The molecule has 0 spiro atoms. The van der Waals surface area contributed by atoms with Crippen molar-refractivity contribution in [3.8, 4) is 0 Å². The van der Waals surface area contributed by atoms with Gasteiger partial charge in [-0.3, -0.25) is 9.59 Å². The molecule has 41 heavy (non-hydrogen) atoms. The number of benzene rings is 1. The molecule has 0 bridgehead atoms. The molecule has 0 aliphatic carbocycles. The standard InChI is InChI=1S/C31H50N2O8/c1-8-23(3)26(34)22-39-20-19-38-18-17-32-31(7,9-2)27(35)16-15-25(28(36)41-30(4,5)6)33-29(37)40-21-24-13-11-10-12-14-24/h10-14,23,25,32H,8-9,15-22H2,1-7H3,(H,33,37). The highest BCUT2D eigenvalue weighted by Crippen LogP contribution is 2.17. The summed E-state index contributed by atoms with van der Waals surface area (Å²) in [6.45, 7) is 14.4. The van der Waals surface area contributed by atoms with Crippen LogP contribution in [-0.2, 0) is 39.9 Å². The van der Waals surface area contributed by atoms with Gasteiger partial charge in [0.25, 0.3) is 0 Å². The van der Waals surface area contributed by atoms with Crippen molar-refractivity contribution in [1.82, 2.24) is 10.6 Å². The summed E-state index contributed by atoms with van der Waals surface area (Å²) in [7, 11) is 0. The van der Waals surface area contributed by atoms with Crippen LogP contribution in [0, 0.1) is 5.92 Å². The Balaban J connectivity index is 2.56. The Morgan fingerprint density at radius 3 is 2.20 bits per heavy atom. The monoisotopic (exact) mass is 578 g/mol. The van der Waals surface area contributed by atoms with Crippen molar-refractivity contribution in [3.63, 3.8) is 0 Å². The first-order chi connectivity index (χ1) is 19.3. The first-order valence-corrected chi connectivity index (χ1v) is 14.5. The van der Waals surface area contributed by atoms with Crippen LogP contribution in [0.15, 0.2) is 30.3 Å². The maximum atomic E-state index is 13.2. The van der Waals surface area contributed by atoms with Crippen molar-refractivity contribution in [2.45, 2.75) is 97.9 Å². The number of rotatable bonds is 20. The van der Waals surface area contributed by atoms with Gasteiger partial charge in [-0.1, -0.05) is 51.1 Å². The third-order valence-corrected chi connectivity index (χ3v) is 6.72. The molecule has 0 fully saturated rings. The van der Waals surface area contributed by atoms with Gasteiger partial charge in [-0.05, 0) is 52.5 Å². The molecule has 1 aromatic carbocycles. The quantitative estimate of drug-likeness (QED) is 0.171. The molecule has 3 unspecified atom stereocenters. The second-order valence-electron chi connectivity index (χ2n) is 11.3. The summed E-state index contributed by atoms with van der Waals surface area (Å²) < 4.78 is 21.7. The summed E-state index contributed by atoms with van der Waals surface area (Å²) in [5.41, 5.74) is -0.790. The lowest BCUT2D eigenvalue weighted by Crippen LogP contribution is -2.51. The number of amides is 1. The van der Waals surface area contributed by atoms with Gasteiger partial charge in [0, 0.05) is 18.9 Å². The summed E-state index contributed by atoms with van der Waals surface area (Å²) in [6, 6.07) is 8.14. The Morgan fingerprint density at radius 2 is 1.59 bits per heavy atom. The van der Waals surface area contributed by atoms with Crippen molar-refractivity contribution in [2.75, 3.05) is 33.0 Å². The van der Waals surface area contributed by atoms with Gasteiger partial charge in [-0.2, -0.15) is 0 Å². The summed E-state index contributed by atoms with van der Waals surface area (Å²) in [5.74, 6) is -0.651. The van der Waals surface area contributed by atoms with Gasteiger partial charge >= 0.3 is 12.1 Å². The number of carbonyl (C=O) groups is 4. The van der Waals surface area contributed by atoms with Crippen LogP contribution in [0.4, 0.5) is 4.79 Å². The summed E-state index contributed by atoms with van der Waals surface area (Å²) in [5, 5.41) is 5.82. The minimum absolute atomic E-state index is 0.00645. The first-order valence-electron chi connectivity index (χ1n) is 14.5. The largest absolute Gasteiger partial charge is 0.458 e. The van der Waals surface area contributed by atoms with Gasteiger partial charge in [0.1, 0.15) is 24.9 Å². The highest BCUT2D eigenvalue weighted by atomic mass is 16.6. The van der Waals surface area contributed by atoms with Crippen molar-refractivity contribution in [1.29, 1.82) is 0 Å². The van der Waals surface area contributed by atoms with Gasteiger partial charge in [0.05, 0.1) is 25.4 Å². The number of ketones is 2. The van der Waals surface area contributed by atoms with Crippen LogP contribution in [0.25, 0.3) is 0 Å². The van der Waals surface area contributed by atoms with E-state index in [0.717, 1.165) is 12.0 Å². The van der Waals surface area contributed by atoms with Crippen molar-refractivity contribution >= 4 is 23.6 Å². The van der Waals surface area contributed by atoms with E-state index < -0.39 is 29.2 Å². The topological polar surface area (TPSA) is 129 Å². The molecular weight excluding hydrogens is 528 g/mol. The molecule has 0 saturated heterocycles. The molecule has 1 aromatic rings. The second kappa shape index (κ2) is 18.6. The van der Waals surface area contributed by atoms with E-state index in [1.54, 1.807) is 20.8 Å². The summed E-state index contributed by atoms with van der Waals surface area (Å²) in [6.07, 6.45) is 0.655. The molecule has 0 aromatic heterocycles. The SMILES string of the molecule is CCC(C)C(=O)COCCOCCNC(C)(CC)C(=O)CCC(NC(=O)OCc1ccccc1)C(=O)OC(C)(C)C. The maximum Gasteiger partial charge on any atom is 0.408 e. The third-order valence-electron chi connectivity index (χ3n) is 6.72. The molecule has 0 radical (unpaired) electrons. The minimum Gasteiger partial charge on any atom is -0.458 e. The Bertz CT molecular complexity index is 947. The molecule has 10 nitrogen and oxygen atoms in total. The number of carbonyl (C=O) groups excluding carboxylic acids is 4. The Labute approximate surface area is 245 Å². The van der Waals surface area contributed by atoms with E-state index in [0.29, 0.717) is 32.8 Å². The predicted octanol–water partition coefficient (Wildman–Crippen LogP) is 4.38. The number of esters is 1. The predicted molar refractivity (Wildman–Crippen MR) is 156 cm³/mol. The lowest BCUT2D eigenvalue weighted by Gasteiger charge is -2.29. The molecular formula is C31H50N2O8. The van der Waals surface area contributed by atoms with E-state index >= 15 is 0 Å². The van der Waals surface area contributed by atoms with Crippen LogP contribution in [0.2, 0.25) is 0 Å². The Kier molecular flexibility index (Phi) is 16.4. The Hall–Kier alpha value is -2.82. The van der Waals surface area contributed by atoms with Crippen molar-refractivity contribution < 1.29 is 38.1 Å². The number of Topliss-reactive ketones (excluding diaryl/α,β-unsaturated/α-hetero) is 2. The first kappa shape index (κ1) is 36.2. The minimum atomic E-state index is -1.04. The molecule has 232 valence electrons. The molecule has 10 heteroatoms. The van der Waals surface area contributed by atoms with Gasteiger partial charge in [-0.25, -0.2) is 9.59 Å². The van der Waals surface area contributed by atoms with Gasteiger partial charge < -0.3 is 29.6 Å². The number of nitrogens with one attached hydrogen (secondary N) is 2. The Morgan fingerprint density at radius 1 is 0.927 bits per heavy atom. The zero-order chi connectivity index (χ0) is 30.9. The number of hydrogen-bond acceptors (Lipinski definition) is 9. The molecule has 1 amide bonds. The number of ether oxygens (including phenoxy) is 4. The van der Waals surface area contributed by atoms with E-state index in [1.165, 1.54) is 0 Å². The zero-order valence-corrected chi connectivity index (χ0v) is 25.9. The number of hydrogen-bond donors (Lipinski definition) is 2. The fourth-order valence-electron chi connectivity index (χ4n) is 3.66. The molecule has 3 atom stereocenters. The van der Waals surface area contributed by atoms with Crippen molar-refractivity contribution in [3.05, 3.63) is 35.9 Å².